The largest absolute Gasteiger partial charge is 0.450 e. The maximum Gasteiger partial charge on any atom is 0.409 e. The molecule has 0 aliphatic carbocycles. The minimum atomic E-state index is -3.94. The fourth-order valence-electron chi connectivity index (χ4n) is 3.44. The summed E-state index contributed by atoms with van der Waals surface area (Å²) >= 11 is 0. The molecule has 0 N–H and O–H groups in total. The van der Waals surface area contributed by atoms with Gasteiger partial charge in [-0.05, 0) is 37.6 Å². The zero-order valence-corrected chi connectivity index (χ0v) is 18.5. The Bertz CT molecular complexity index is 1020. The van der Waals surface area contributed by atoms with Crippen LogP contribution in [0.5, 0.6) is 0 Å². The van der Waals surface area contributed by atoms with Crippen LogP contribution in [0.15, 0.2) is 59.5 Å². The van der Waals surface area contributed by atoms with Crippen molar-refractivity contribution in [3.63, 3.8) is 0 Å². The maximum atomic E-state index is 13.4. The Kier molecular flexibility index (Phi) is 7.17. The van der Waals surface area contributed by atoms with E-state index in [2.05, 4.69) is 0 Å². The normalized spacial score (nSPS) is 14.3. The monoisotopic (exact) mass is 445 g/mol. The van der Waals surface area contributed by atoms with Crippen LogP contribution in [0, 0.1) is 6.92 Å². The first kappa shape index (κ1) is 22.6. The smallest absolute Gasteiger partial charge is 0.409 e. The number of anilines is 1. The van der Waals surface area contributed by atoms with Crippen LogP contribution in [0.2, 0.25) is 0 Å². The predicted octanol–water partition coefficient (Wildman–Crippen LogP) is 2.49. The van der Waals surface area contributed by atoms with Gasteiger partial charge in [0, 0.05) is 26.2 Å². The van der Waals surface area contributed by atoms with E-state index >= 15 is 0 Å². The highest BCUT2D eigenvalue weighted by Gasteiger charge is 2.31. The second-order valence-electron chi connectivity index (χ2n) is 7.18. The van der Waals surface area contributed by atoms with Gasteiger partial charge in [0.1, 0.15) is 6.54 Å². The Morgan fingerprint density at radius 2 is 1.52 bits per heavy atom. The van der Waals surface area contributed by atoms with Gasteiger partial charge in [-0.15, -0.1) is 0 Å². The van der Waals surface area contributed by atoms with E-state index in [0.717, 1.165) is 9.87 Å². The average Bonchev–Trinajstić information content (AvgIpc) is 2.78. The van der Waals surface area contributed by atoms with Crippen molar-refractivity contribution in [2.45, 2.75) is 18.7 Å². The first-order chi connectivity index (χ1) is 14.8. The minimum Gasteiger partial charge on any atom is -0.450 e. The zero-order chi connectivity index (χ0) is 22.4. The van der Waals surface area contributed by atoms with Gasteiger partial charge in [0.2, 0.25) is 5.91 Å². The lowest BCUT2D eigenvalue weighted by molar-refractivity contribution is -0.131. The number of piperazine rings is 1. The second kappa shape index (κ2) is 9.82. The molecule has 8 nitrogen and oxygen atoms in total. The Labute approximate surface area is 183 Å². The van der Waals surface area contributed by atoms with Crippen LogP contribution in [0.3, 0.4) is 0 Å². The van der Waals surface area contributed by atoms with Gasteiger partial charge in [-0.25, -0.2) is 13.2 Å². The molecule has 2 amide bonds. The number of rotatable bonds is 6. The summed E-state index contributed by atoms with van der Waals surface area (Å²) in [7, 11) is -3.94. The van der Waals surface area contributed by atoms with E-state index in [9.17, 15) is 18.0 Å². The van der Waals surface area contributed by atoms with Crippen LogP contribution < -0.4 is 4.31 Å². The molecule has 1 fully saturated rings. The fourth-order valence-corrected chi connectivity index (χ4v) is 4.94. The topological polar surface area (TPSA) is 87.2 Å². The summed E-state index contributed by atoms with van der Waals surface area (Å²) in [4.78, 5) is 28.2. The number of aryl methyl sites for hydroxylation is 1. The number of benzene rings is 2. The van der Waals surface area contributed by atoms with Crippen LogP contribution in [-0.4, -0.2) is 69.5 Å². The lowest BCUT2D eigenvalue weighted by Gasteiger charge is -2.35. The highest BCUT2D eigenvalue weighted by Crippen LogP contribution is 2.26. The first-order valence-corrected chi connectivity index (χ1v) is 11.6. The van der Waals surface area contributed by atoms with Crippen LogP contribution in [0.4, 0.5) is 10.5 Å². The fraction of sp³-hybridized carbons (Fsp3) is 0.364. The molecule has 0 radical (unpaired) electrons. The van der Waals surface area contributed by atoms with Crippen molar-refractivity contribution in [1.29, 1.82) is 0 Å². The zero-order valence-electron chi connectivity index (χ0n) is 17.7. The molecule has 1 heterocycles. The number of hydrogen-bond donors (Lipinski definition) is 0. The van der Waals surface area contributed by atoms with Crippen molar-refractivity contribution < 1.29 is 22.7 Å². The summed E-state index contributed by atoms with van der Waals surface area (Å²) in [6.07, 6.45) is -0.400. The third kappa shape index (κ3) is 5.16. The summed E-state index contributed by atoms with van der Waals surface area (Å²) in [5, 5.41) is 0. The number of hydrogen-bond acceptors (Lipinski definition) is 5. The van der Waals surface area contributed by atoms with Gasteiger partial charge in [0.05, 0.1) is 17.2 Å². The van der Waals surface area contributed by atoms with Gasteiger partial charge >= 0.3 is 6.09 Å². The van der Waals surface area contributed by atoms with E-state index in [0.29, 0.717) is 38.5 Å². The summed E-state index contributed by atoms with van der Waals surface area (Å²) in [6.45, 7) is 4.87. The molecule has 9 heteroatoms. The lowest BCUT2D eigenvalue weighted by atomic mass is 10.2. The molecule has 166 valence electrons. The Morgan fingerprint density at radius 1 is 0.935 bits per heavy atom. The van der Waals surface area contributed by atoms with Gasteiger partial charge in [-0.3, -0.25) is 9.10 Å². The van der Waals surface area contributed by atoms with E-state index in [1.54, 1.807) is 47.1 Å². The van der Waals surface area contributed by atoms with Crippen LogP contribution in [0.1, 0.15) is 12.5 Å². The van der Waals surface area contributed by atoms with Gasteiger partial charge < -0.3 is 14.5 Å². The maximum absolute atomic E-state index is 13.4. The number of ether oxygens (including phenoxy) is 1. The van der Waals surface area contributed by atoms with Crippen LogP contribution >= 0.6 is 0 Å². The number of carbonyl (C=O) groups excluding carboxylic acids is 2. The SMILES string of the molecule is CCOC(=O)N1CCN(C(=O)CN(c2ccccc2C)S(=O)(=O)c2ccccc2)CC1. The first-order valence-electron chi connectivity index (χ1n) is 10.2. The summed E-state index contributed by atoms with van der Waals surface area (Å²) in [5.74, 6) is -0.314. The molecule has 1 aliphatic heterocycles. The molecule has 1 saturated heterocycles. The predicted molar refractivity (Wildman–Crippen MR) is 117 cm³/mol. The van der Waals surface area contributed by atoms with E-state index < -0.39 is 16.1 Å². The summed E-state index contributed by atoms with van der Waals surface area (Å²) in [6, 6.07) is 15.2. The lowest BCUT2D eigenvalue weighted by Crippen LogP contribution is -2.53. The molecule has 0 bridgehead atoms. The number of para-hydroxylation sites is 1. The molecule has 0 spiro atoms. The Morgan fingerprint density at radius 3 is 2.13 bits per heavy atom. The quantitative estimate of drug-likeness (QED) is 0.682. The molecule has 2 aromatic rings. The minimum absolute atomic E-state index is 0.123. The van der Waals surface area contributed by atoms with Crippen molar-refractivity contribution in [3.8, 4) is 0 Å². The standard InChI is InChI=1S/C22H27N3O5S/c1-3-30-22(27)24-15-13-23(14-16-24)21(26)17-25(20-12-8-7-9-18(20)2)31(28,29)19-10-5-4-6-11-19/h4-12H,3,13-17H2,1-2H3. The van der Waals surface area contributed by atoms with Crippen LogP contribution in [0.25, 0.3) is 0 Å². The van der Waals surface area contributed by atoms with E-state index in [-0.39, 0.29) is 17.3 Å². The van der Waals surface area contributed by atoms with Crippen molar-refractivity contribution in [2.75, 3.05) is 43.6 Å². The summed E-state index contributed by atoms with van der Waals surface area (Å²) in [5.41, 5.74) is 1.21. The number of sulfonamides is 1. The molecule has 3 rings (SSSR count). The second-order valence-corrected chi connectivity index (χ2v) is 9.04. The van der Waals surface area contributed by atoms with Crippen molar-refractivity contribution in [1.82, 2.24) is 9.80 Å². The van der Waals surface area contributed by atoms with Crippen LogP contribution in [-0.2, 0) is 19.6 Å². The molecule has 0 aromatic heterocycles. The average molecular weight is 446 g/mol. The van der Waals surface area contributed by atoms with E-state index in [1.165, 1.54) is 12.1 Å². The molecule has 0 atom stereocenters. The highest BCUT2D eigenvalue weighted by molar-refractivity contribution is 7.92. The number of amides is 2. The molecule has 1 aliphatic rings. The molecule has 0 unspecified atom stereocenters. The van der Waals surface area contributed by atoms with Gasteiger partial charge in [-0.1, -0.05) is 36.4 Å². The third-order valence-corrected chi connectivity index (χ3v) is 6.93. The molecular formula is C22H27N3O5S. The molecule has 0 saturated carbocycles. The molecular weight excluding hydrogens is 418 g/mol. The van der Waals surface area contributed by atoms with Gasteiger partial charge in [0.15, 0.2) is 0 Å². The van der Waals surface area contributed by atoms with Crippen molar-refractivity contribution in [3.05, 3.63) is 60.2 Å². The van der Waals surface area contributed by atoms with Crippen molar-refractivity contribution in [2.24, 2.45) is 0 Å². The van der Waals surface area contributed by atoms with Gasteiger partial charge in [-0.2, -0.15) is 0 Å². The third-order valence-electron chi connectivity index (χ3n) is 5.15. The molecule has 2 aromatic carbocycles. The number of carbonyl (C=O) groups is 2. The molecule has 31 heavy (non-hydrogen) atoms. The number of nitrogens with zero attached hydrogens (tertiary/aromatic N) is 3. The highest BCUT2D eigenvalue weighted by atomic mass is 32.2. The summed E-state index contributed by atoms with van der Waals surface area (Å²) < 4.78 is 33.0. The Balaban J connectivity index is 1.81. The van der Waals surface area contributed by atoms with Gasteiger partial charge in [0.25, 0.3) is 10.0 Å². The van der Waals surface area contributed by atoms with Crippen molar-refractivity contribution >= 4 is 27.7 Å². The Hall–Kier alpha value is -3.07. The van der Waals surface area contributed by atoms with E-state index in [4.69, 9.17) is 4.74 Å². The van der Waals surface area contributed by atoms with E-state index in [1.807, 2.05) is 19.1 Å².